The molecule has 0 radical (unpaired) electrons. The highest BCUT2D eigenvalue weighted by atomic mass is 16.3. The van der Waals surface area contributed by atoms with Gasteiger partial charge in [-0.25, -0.2) is 14.8 Å². The number of rotatable bonds is 2. The van der Waals surface area contributed by atoms with Crippen molar-refractivity contribution in [1.29, 1.82) is 0 Å². The minimum absolute atomic E-state index is 0.00955. The van der Waals surface area contributed by atoms with Crippen LogP contribution in [0.3, 0.4) is 0 Å². The second-order valence-electron chi connectivity index (χ2n) is 9.11. The number of hydrogen-bond acceptors (Lipinski definition) is 7. The highest BCUT2D eigenvalue weighted by molar-refractivity contribution is 5.97. The van der Waals surface area contributed by atoms with Crippen molar-refractivity contribution < 1.29 is 15.0 Å². The molecular weight excluding hydrogens is 442 g/mol. The number of aliphatic hydroxyl groups is 2. The van der Waals surface area contributed by atoms with Gasteiger partial charge in [-0.1, -0.05) is 0 Å². The van der Waals surface area contributed by atoms with Gasteiger partial charge in [0.25, 0.3) is 11.5 Å². The first-order chi connectivity index (χ1) is 16.1. The number of likely N-dealkylation sites (tertiary alicyclic amines) is 1. The molecule has 1 aliphatic heterocycles. The van der Waals surface area contributed by atoms with Crippen molar-refractivity contribution in [2.45, 2.75) is 31.1 Å². The van der Waals surface area contributed by atoms with Crippen LogP contribution in [0.4, 0.5) is 0 Å². The summed E-state index contributed by atoms with van der Waals surface area (Å²) in [5.41, 5.74) is -0.411. The number of hydrogen-bond donors (Lipinski definition) is 3. The molecule has 0 unspecified atom stereocenters. The number of β-amino-alcohol motifs (C(OH)–C–C–N with tert-alkyl or cyclic N) is 1. The zero-order valence-corrected chi connectivity index (χ0v) is 19.0. The summed E-state index contributed by atoms with van der Waals surface area (Å²) in [6, 6.07) is 4.27. The van der Waals surface area contributed by atoms with Gasteiger partial charge in [0, 0.05) is 39.2 Å². The van der Waals surface area contributed by atoms with Crippen LogP contribution in [0.1, 0.15) is 29.7 Å². The number of nitrogens with zero attached hydrogens (tertiary/aromatic N) is 6. The Labute approximate surface area is 192 Å². The van der Waals surface area contributed by atoms with E-state index in [4.69, 9.17) is 0 Å². The maximum Gasteiger partial charge on any atom is 0.332 e. The number of amides is 1. The van der Waals surface area contributed by atoms with Crippen molar-refractivity contribution in [2.75, 3.05) is 13.1 Å². The van der Waals surface area contributed by atoms with E-state index < -0.39 is 29.0 Å². The summed E-state index contributed by atoms with van der Waals surface area (Å²) in [6.07, 6.45) is 1.93. The summed E-state index contributed by atoms with van der Waals surface area (Å²) in [5.74, 6) is -0.331. The maximum atomic E-state index is 13.4. The van der Waals surface area contributed by atoms with Crippen molar-refractivity contribution in [3.63, 3.8) is 0 Å². The van der Waals surface area contributed by atoms with E-state index in [0.717, 1.165) is 10.1 Å². The van der Waals surface area contributed by atoms with Crippen LogP contribution in [0.15, 0.2) is 40.4 Å². The lowest BCUT2D eigenvalue weighted by molar-refractivity contribution is -0.0216. The Morgan fingerprint density at radius 3 is 2.71 bits per heavy atom. The molecule has 3 N–H and O–H groups in total. The van der Waals surface area contributed by atoms with E-state index in [9.17, 15) is 24.6 Å². The highest BCUT2D eigenvalue weighted by Gasteiger charge is 2.42. The van der Waals surface area contributed by atoms with Crippen LogP contribution in [0, 0.1) is 0 Å². The molecule has 1 saturated heterocycles. The molecule has 0 saturated carbocycles. The number of H-pyrrole nitrogens is 1. The van der Waals surface area contributed by atoms with Gasteiger partial charge in [-0.05, 0) is 25.1 Å². The fraction of sp³-hybridized carbons (Fsp3) is 0.409. The number of aromatic amines is 1. The maximum absolute atomic E-state index is 13.4. The lowest BCUT2D eigenvalue weighted by Gasteiger charge is -2.34. The summed E-state index contributed by atoms with van der Waals surface area (Å²) in [4.78, 5) is 51.6. The van der Waals surface area contributed by atoms with Crippen LogP contribution >= 0.6 is 0 Å². The molecule has 4 heterocycles. The van der Waals surface area contributed by atoms with Crippen LogP contribution < -0.4 is 11.2 Å². The number of carbonyl (C=O) groups is 1. The van der Waals surface area contributed by atoms with Crippen LogP contribution in [0.2, 0.25) is 0 Å². The number of nitrogens with one attached hydrogen (secondary N) is 1. The Kier molecular flexibility index (Phi) is 4.95. The van der Waals surface area contributed by atoms with Crippen LogP contribution in [0.25, 0.3) is 22.2 Å². The summed E-state index contributed by atoms with van der Waals surface area (Å²) in [6.45, 7) is 1.58. The minimum atomic E-state index is -1.48. The van der Waals surface area contributed by atoms with E-state index in [1.165, 1.54) is 34.5 Å². The van der Waals surface area contributed by atoms with Crippen molar-refractivity contribution in [3.8, 4) is 0 Å². The summed E-state index contributed by atoms with van der Waals surface area (Å²) < 4.78 is 3.74. The van der Waals surface area contributed by atoms with Gasteiger partial charge < -0.3 is 24.7 Å². The number of fused-ring (bicyclic) bond motifs is 2. The normalized spacial score (nSPS) is 23.5. The topological polar surface area (TPSA) is 151 Å². The lowest BCUT2D eigenvalue weighted by Crippen LogP contribution is -2.44. The minimum Gasteiger partial charge on any atom is -0.391 e. The average molecular weight is 467 g/mol. The lowest BCUT2D eigenvalue weighted by atomic mass is 9.91. The third kappa shape index (κ3) is 3.33. The van der Waals surface area contributed by atoms with Gasteiger partial charge in [-0.15, -0.1) is 0 Å². The van der Waals surface area contributed by atoms with E-state index in [1.807, 2.05) is 0 Å². The average Bonchev–Trinajstić information content (AvgIpc) is 3.42. The number of benzene rings is 1. The molecule has 0 aliphatic carbocycles. The quantitative estimate of drug-likeness (QED) is 0.360. The molecule has 0 spiro atoms. The second-order valence-corrected chi connectivity index (χ2v) is 9.11. The predicted molar refractivity (Wildman–Crippen MR) is 122 cm³/mol. The van der Waals surface area contributed by atoms with E-state index in [0.29, 0.717) is 11.1 Å². The van der Waals surface area contributed by atoms with Gasteiger partial charge in [-0.3, -0.25) is 18.7 Å². The Bertz CT molecular complexity index is 1540. The van der Waals surface area contributed by atoms with Gasteiger partial charge in [-0.2, -0.15) is 0 Å². The van der Waals surface area contributed by atoms with Crippen molar-refractivity contribution in [2.24, 2.45) is 14.1 Å². The molecule has 178 valence electrons. The molecule has 1 aromatic carbocycles. The Balaban J connectivity index is 1.61. The Morgan fingerprint density at radius 1 is 1.18 bits per heavy atom. The Hall–Kier alpha value is -3.77. The first-order valence-corrected chi connectivity index (χ1v) is 10.8. The molecule has 12 nitrogen and oxygen atoms in total. The number of aromatic nitrogens is 6. The molecule has 4 aromatic rings. The standard InChI is InChI=1S/C22H25N7O5/c1-22(34)7-13(30)8-28(19(31)12-4-5-14-15(6-12)24-10-23-14)9-16(22)29-11-25-18-17(29)20(32)27(3)21(33)26(18)2/h4-6,10-11,13,16,30,34H,7-9H2,1-3H3,(H,23,24)/t13-,16+,22+/m0/s1. The van der Waals surface area contributed by atoms with Gasteiger partial charge in [0.15, 0.2) is 11.2 Å². The van der Waals surface area contributed by atoms with E-state index in [-0.39, 0.29) is 36.6 Å². The fourth-order valence-corrected chi connectivity index (χ4v) is 4.82. The van der Waals surface area contributed by atoms with E-state index >= 15 is 0 Å². The number of carbonyl (C=O) groups excluding carboxylic acids is 1. The fourth-order valence-electron chi connectivity index (χ4n) is 4.82. The van der Waals surface area contributed by atoms with Crippen molar-refractivity contribution >= 4 is 28.1 Å². The summed E-state index contributed by atoms with van der Waals surface area (Å²) >= 11 is 0. The molecule has 3 aromatic heterocycles. The van der Waals surface area contributed by atoms with Crippen molar-refractivity contribution in [3.05, 3.63) is 57.3 Å². The molecule has 1 fully saturated rings. The SMILES string of the molecule is Cn1c(=O)c2c(ncn2[C@@H]2CN(C(=O)c3ccc4nc[nH]c4c3)C[C@@H](O)C[C@@]2(C)O)n(C)c1=O. The molecule has 1 amide bonds. The smallest absolute Gasteiger partial charge is 0.332 e. The molecule has 34 heavy (non-hydrogen) atoms. The zero-order valence-electron chi connectivity index (χ0n) is 19.0. The van der Waals surface area contributed by atoms with Gasteiger partial charge >= 0.3 is 5.69 Å². The molecule has 0 bridgehead atoms. The number of aryl methyl sites for hydroxylation is 1. The van der Waals surface area contributed by atoms with Crippen LogP contribution in [-0.2, 0) is 14.1 Å². The third-order valence-electron chi connectivity index (χ3n) is 6.65. The predicted octanol–water partition coefficient (Wildman–Crippen LogP) is -0.491. The zero-order chi connectivity index (χ0) is 24.4. The largest absolute Gasteiger partial charge is 0.391 e. The summed E-state index contributed by atoms with van der Waals surface area (Å²) in [5, 5.41) is 22.0. The van der Waals surface area contributed by atoms with Gasteiger partial charge in [0.2, 0.25) is 0 Å². The third-order valence-corrected chi connectivity index (χ3v) is 6.65. The molecular formula is C22H25N7O5. The van der Waals surface area contributed by atoms with Crippen LogP contribution in [0.5, 0.6) is 0 Å². The molecule has 5 rings (SSSR count). The van der Waals surface area contributed by atoms with E-state index in [1.54, 1.807) is 31.5 Å². The highest BCUT2D eigenvalue weighted by Crippen LogP contribution is 2.33. The van der Waals surface area contributed by atoms with Crippen LogP contribution in [-0.4, -0.2) is 74.5 Å². The number of imidazole rings is 2. The second kappa shape index (κ2) is 7.64. The molecule has 1 aliphatic rings. The first-order valence-electron chi connectivity index (χ1n) is 10.8. The molecule has 3 atom stereocenters. The van der Waals surface area contributed by atoms with E-state index in [2.05, 4.69) is 15.0 Å². The monoisotopic (exact) mass is 467 g/mol. The molecule has 12 heteroatoms. The van der Waals surface area contributed by atoms with Crippen molar-refractivity contribution in [1.82, 2.24) is 33.6 Å². The number of aliphatic hydroxyl groups excluding tert-OH is 1. The Morgan fingerprint density at radius 2 is 1.94 bits per heavy atom. The van der Waals surface area contributed by atoms with Gasteiger partial charge in [0.1, 0.15) is 0 Å². The summed E-state index contributed by atoms with van der Waals surface area (Å²) in [7, 11) is 2.88. The first kappa shape index (κ1) is 22.0. The van der Waals surface area contributed by atoms with Gasteiger partial charge in [0.05, 0.1) is 41.4 Å².